The number of para-hydroxylation sites is 1. The van der Waals surface area contributed by atoms with Gasteiger partial charge in [-0.1, -0.05) is 53.7 Å². The first-order valence-corrected chi connectivity index (χ1v) is 8.12. The normalized spacial score (nSPS) is 11.7. The second-order valence-electron chi connectivity index (χ2n) is 5.67. The van der Waals surface area contributed by atoms with E-state index in [-0.39, 0.29) is 5.91 Å². The average molecular weight is 336 g/mol. The van der Waals surface area contributed by atoms with E-state index >= 15 is 0 Å². The van der Waals surface area contributed by atoms with Crippen molar-refractivity contribution in [1.29, 1.82) is 0 Å². The summed E-state index contributed by atoms with van der Waals surface area (Å²) in [6.45, 7) is 2.59. The minimum Gasteiger partial charge on any atom is -0.487 e. The second kappa shape index (κ2) is 8.10. The number of hydrogen-bond acceptors (Lipinski definition) is 4. The highest BCUT2D eigenvalue weighted by molar-refractivity contribution is 5.79. The summed E-state index contributed by atoms with van der Waals surface area (Å²) in [4.78, 5) is 12.3. The average Bonchev–Trinajstić information content (AvgIpc) is 3.14. The zero-order valence-electron chi connectivity index (χ0n) is 14.0. The SMILES string of the molecule is C[C@@H](C(=O)NCc1ccccc1)n1cc(COc2ccccc2)nn1. The molecule has 1 heterocycles. The van der Waals surface area contributed by atoms with Crippen LogP contribution in [0.3, 0.4) is 0 Å². The van der Waals surface area contributed by atoms with E-state index in [1.165, 1.54) is 0 Å². The van der Waals surface area contributed by atoms with Crippen molar-refractivity contribution in [2.45, 2.75) is 26.1 Å². The molecule has 1 atom stereocenters. The Hall–Kier alpha value is -3.15. The number of carbonyl (C=O) groups is 1. The third kappa shape index (κ3) is 4.67. The number of nitrogens with one attached hydrogen (secondary N) is 1. The van der Waals surface area contributed by atoms with Gasteiger partial charge < -0.3 is 10.1 Å². The number of rotatable bonds is 7. The van der Waals surface area contributed by atoms with Crippen LogP contribution in [0.2, 0.25) is 0 Å². The molecular formula is C19H20N4O2. The monoisotopic (exact) mass is 336 g/mol. The maximum absolute atomic E-state index is 12.3. The van der Waals surface area contributed by atoms with E-state index in [9.17, 15) is 4.79 Å². The van der Waals surface area contributed by atoms with Crippen LogP contribution in [0.1, 0.15) is 24.2 Å². The van der Waals surface area contributed by atoms with Gasteiger partial charge in [-0.2, -0.15) is 0 Å². The van der Waals surface area contributed by atoms with Crippen molar-refractivity contribution in [3.8, 4) is 5.75 Å². The number of amides is 1. The van der Waals surface area contributed by atoms with Gasteiger partial charge in [-0.3, -0.25) is 4.79 Å². The largest absolute Gasteiger partial charge is 0.487 e. The van der Waals surface area contributed by atoms with Gasteiger partial charge in [-0.05, 0) is 24.6 Å². The Morgan fingerprint density at radius 1 is 1.12 bits per heavy atom. The van der Waals surface area contributed by atoms with Crippen LogP contribution in [0.5, 0.6) is 5.75 Å². The summed E-state index contributed by atoms with van der Waals surface area (Å²) >= 11 is 0. The van der Waals surface area contributed by atoms with Crippen molar-refractivity contribution in [2.75, 3.05) is 0 Å². The first kappa shape index (κ1) is 16.7. The van der Waals surface area contributed by atoms with Crippen LogP contribution in [-0.2, 0) is 17.9 Å². The molecule has 6 heteroatoms. The Labute approximate surface area is 146 Å². The quantitative estimate of drug-likeness (QED) is 0.720. The van der Waals surface area contributed by atoms with Crippen LogP contribution in [0.15, 0.2) is 66.9 Å². The number of aromatic nitrogens is 3. The zero-order chi connectivity index (χ0) is 17.5. The molecule has 0 spiro atoms. The topological polar surface area (TPSA) is 69.0 Å². The molecular weight excluding hydrogens is 316 g/mol. The van der Waals surface area contributed by atoms with Gasteiger partial charge in [-0.15, -0.1) is 5.10 Å². The fourth-order valence-corrected chi connectivity index (χ4v) is 2.30. The molecule has 0 radical (unpaired) electrons. The molecule has 0 bridgehead atoms. The minimum absolute atomic E-state index is 0.107. The maximum Gasteiger partial charge on any atom is 0.244 e. The smallest absolute Gasteiger partial charge is 0.244 e. The van der Waals surface area contributed by atoms with Crippen molar-refractivity contribution in [3.05, 3.63) is 78.1 Å². The Morgan fingerprint density at radius 2 is 1.80 bits per heavy atom. The van der Waals surface area contributed by atoms with Crippen LogP contribution in [-0.4, -0.2) is 20.9 Å². The summed E-state index contributed by atoms with van der Waals surface area (Å²) < 4.78 is 7.18. The zero-order valence-corrected chi connectivity index (χ0v) is 14.0. The summed E-state index contributed by atoms with van der Waals surface area (Å²) in [5.41, 5.74) is 1.73. The molecule has 0 fully saturated rings. The molecule has 0 aliphatic heterocycles. The summed E-state index contributed by atoms with van der Waals surface area (Å²) in [6.07, 6.45) is 1.73. The predicted molar refractivity (Wildman–Crippen MR) is 93.8 cm³/mol. The lowest BCUT2D eigenvalue weighted by Gasteiger charge is -2.12. The number of benzene rings is 2. The Kier molecular flexibility index (Phi) is 5.41. The molecule has 3 rings (SSSR count). The number of nitrogens with zero attached hydrogens (tertiary/aromatic N) is 3. The van der Waals surface area contributed by atoms with E-state index < -0.39 is 6.04 Å². The van der Waals surface area contributed by atoms with Gasteiger partial charge in [0.25, 0.3) is 0 Å². The molecule has 1 aromatic heterocycles. The Morgan fingerprint density at radius 3 is 2.52 bits per heavy atom. The van der Waals surface area contributed by atoms with Crippen LogP contribution >= 0.6 is 0 Å². The number of ether oxygens (including phenoxy) is 1. The molecule has 2 aromatic carbocycles. The third-order valence-corrected chi connectivity index (χ3v) is 3.77. The molecule has 6 nitrogen and oxygen atoms in total. The third-order valence-electron chi connectivity index (χ3n) is 3.77. The fraction of sp³-hybridized carbons (Fsp3) is 0.211. The molecule has 128 valence electrons. The van der Waals surface area contributed by atoms with E-state index in [0.717, 1.165) is 11.3 Å². The van der Waals surface area contributed by atoms with E-state index in [0.29, 0.717) is 18.8 Å². The molecule has 0 unspecified atom stereocenters. The molecule has 0 aliphatic rings. The van der Waals surface area contributed by atoms with Crippen molar-refractivity contribution in [3.63, 3.8) is 0 Å². The van der Waals surface area contributed by atoms with Crippen LogP contribution in [0.25, 0.3) is 0 Å². The van der Waals surface area contributed by atoms with Gasteiger partial charge in [-0.25, -0.2) is 4.68 Å². The van der Waals surface area contributed by atoms with Crippen LogP contribution in [0, 0.1) is 0 Å². The lowest BCUT2D eigenvalue weighted by Crippen LogP contribution is -2.30. The van der Waals surface area contributed by atoms with E-state index in [1.807, 2.05) is 60.7 Å². The van der Waals surface area contributed by atoms with Crippen molar-refractivity contribution in [1.82, 2.24) is 20.3 Å². The fourth-order valence-electron chi connectivity index (χ4n) is 2.30. The lowest BCUT2D eigenvalue weighted by atomic mass is 10.2. The van der Waals surface area contributed by atoms with Crippen molar-refractivity contribution in [2.24, 2.45) is 0 Å². The van der Waals surface area contributed by atoms with Gasteiger partial charge >= 0.3 is 0 Å². The molecule has 0 saturated carbocycles. The maximum atomic E-state index is 12.3. The van der Waals surface area contributed by atoms with Gasteiger partial charge in [0.1, 0.15) is 24.1 Å². The first-order chi connectivity index (χ1) is 12.2. The molecule has 0 aliphatic carbocycles. The Balaban J connectivity index is 1.52. The molecule has 3 aromatic rings. The first-order valence-electron chi connectivity index (χ1n) is 8.12. The van der Waals surface area contributed by atoms with E-state index in [2.05, 4.69) is 15.6 Å². The summed E-state index contributed by atoms with van der Waals surface area (Å²) in [7, 11) is 0. The van der Waals surface area contributed by atoms with Crippen LogP contribution in [0.4, 0.5) is 0 Å². The molecule has 1 N–H and O–H groups in total. The highest BCUT2D eigenvalue weighted by Crippen LogP contribution is 2.11. The van der Waals surface area contributed by atoms with E-state index in [1.54, 1.807) is 17.8 Å². The molecule has 0 saturated heterocycles. The van der Waals surface area contributed by atoms with Gasteiger partial charge in [0.2, 0.25) is 5.91 Å². The van der Waals surface area contributed by atoms with Gasteiger partial charge in [0.15, 0.2) is 0 Å². The highest BCUT2D eigenvalue weighted by atomic mass is 16.5. The van der Waals surface area contributed by atoms with Gasteiger partial charge in [0.05, 0.1) is 6.20 Å². The Bertz CT molecular complexity index is 803. The number of carbonyl (C=O) groups excluding carboxylic acids is 1. The summed E-state index contributed by atoms with van der Waals surface area (Å²) in [5.74, 6) is 0.662. The minimum atomic E-state index is -0.443. The molecule has 1 amide bonds. The van der Waals surface area contributed by atoms with E-state index in [4.69, 9.17) is 4.74 Å². The van der Waals surface area contributed by atoms with Crippen molar-refractivity contribution >= 4 is 5.91 Å². The molecule has 25 heavy (non-hydrogen) atoms. The predicted octanol–water partition coefficient (Wildman–Crippen LogP) is 2.73. The number of hydrogen-bond donors (Lipinski definition) is 1. The summed E-state index contributed by atoms with van der Waals surface area (Å²) in [6, 6.07) is 18.8. The van der Waals surface area contributed by atoms with Crippen molar-refractivity contribution < 1.29 is 9.53 Å². The summed E-state index contributed by atoms with van der Waals surface area (Å²) in [5, 5.41) is 11.0. The standard InChI is InChI=1S/C19H20N4O2/c1-15(19(24)20-12-16-8-4-2-5-9-16)23-13-17(21-22-23)14-25-18-10-6-3-7-11-18/h2-11,13,15H,12,14H2,1H3,(H,20,24)/t15-/m0/s1. The second-order valence-corrected chi connectivity index (χ2v) is 5.67. The van der Waals surface area contributed by atoms with Crippen LogP contribution < -0.4 is 10.1 Å². The van der Waals surface area contributed by atoms with Gasteiger partial charge in [0, 0.05) is 6.54 Å². The highest BCUT2D eigenvalue weighted by Gasteiger charge is 2.16. The lowest BCUT2D eigenvalue weighted by molar-refractivity contribution is -0.124.